The molecule has 1 aliphatic rings. The van der Waals surface area contributed by atoms with E-state index in [0.29, 0.717) is 5.92 Å². The predicted molar refractivity (Wildman–Crippen MR) is 99.3 cm³/mol. The summed E-state index contributed by atoms with van der Waals surface area (Å²) in [4.78, 5) is 22.4. The Morgan fingerprint density at radius 3 is 2.72 bits per heavy atom. The van der Waals surface area contributed by atoms with E-state index in [4.69, 9.17) is 0 Å². The molecule has 1 N–H and O–H groups in total. The lowest BCUT2D eigenvalue weighted by molar-refractivity contribution is -0.131. The van der Waals surface area contributed by atoms with Crippen LogP contribution in [-0.4, -0.2) is 34.4 Å². The fourth-order valence-corrected chi connectivity index (χ4v) is 3.54. The summed E-state index contributed by atoms with van der Waals surface area (Å²) in [5.74, 6) is 1.85. The van der Waals surface area contributed by atoms with Crippen LogP contribution in [0.2, 0.25) is 0 Å². The summed E-state index contributed by atoms with van der Waals surface area (Å²) < 4.78 is 0. The fraction of sp³-hybridized carbons (Fsp3) is 0.333. The highest BCUT2D eigenvalue weighted by Gasteiger charge is 2.44. The molecule has 1 fully saturated rings. The number of rotatable bonds is 6. The molecule has 2 aromatic carbocycles. The smallest absolute Gasteiger partial charge is 0.226 e. The molecule has 0 unspecified atom stereocenters. The Kier molecular flexibility index (Phi) is 4.26. The fourth-order valence-electron chi connectivity index (χ4n) is 3.54. The first-order valence-electron chi connectivity index (χ1n) is 8.96. The van der Waals surface area contributed by atoms with Crippen LogP contribution >= 0.6 is 0 Å². The minimum atomic E-state index is 0.165. The Balaban J connectivity index is 1.27. The first kappa shape index (κ1) is 15.9. The van der Waals surface area contributed by atoms with Crippen LogP contribution in [0, 0.1) is 5.92 Å². The molecule has 4 rings (SSSR count). The summed E-state index contributed by atoms with van der Waals surface area (Å²) in [7, 11) is 1.92. The molecule has 0 spiro atoms. The van der Waals surface area contributed by atoms with E-state index in [0.717, 1.165) is 42.7 Å². The van der Waals surface area contributed by atoms with Crippen molar-refractivity contribution in [3.8, 4) is 0 Å². The maximum absolute atomic E-state index is 12.6. The maximum atomic E-state index is 12.6. The number of aromatic nitrogens is 2. The van der Waals surface area contributed by atoms with E-state index in [9.17, 15) is 4.79 Å². The van der Waals surface area contributed by atoms with Gasteiger partial charge in [0.25, 0.3) is 0 Å². The van der Waals surface area contributed by atoms with Gasteiger partial charge in [-0.2, -0.15) is 0 Å². The van der Waals surface area contributed by atoms with Crippen LogP contribution in [0.1, 0.15) is 30.1 Å². The van der Waals surface area contributed by atoms with Crippen molar-refractivity contribution in [2.75, 3.05) is 13.6 Å². The SMILES string of the molecule is CN(CCCc1nc2ccccc2[nH]1)C(=O)[C@@H]1C[C@@H]1c1ccccc1. The van der Waals surface area contributed by atoms with E-state index in [-0.39, 0.29) is 11.8 Å². The molecule has 2 atom stereocenters. The highest BCUT2D eigenvalue weighted by atomic mass is 16.2. The van der Waals surface area contributed by atoms with E-state index in [1.165, 1.54) is 5.56 Å². The largest absolute Gasteiger partial charge is 0.345 e. The Bertz CT molecular complexity index is 838. The van der Waals surface area contributed by atoms with Gasteiger partial charge in [-0.3, -0.25) is 4.79 Å². The molecular formula is C21H23N3O. The molecule has 0 bridgehead atoms. The van der Waals surface area contributed by atoms with Crippen molar-refractivity contribution in [1.29, 1.82) is 0 Å². The lowest BCUT2D eigenvalue weighted by Gasteiger charge is -2.17. The zero-order chi connectivity index (χ0) is 17.2. The van der Waals surface area contributed by atoms with Crippen LogP contribution in [0.25, 0.3) is 11.0 Å². The van der Waals surface area contributed by atoms with Crippen molar-refractivity contribution in [3.63, 3.8) is 0 Å². The van der Waals surface area contributed by atoms with E-state index in [2.05, 4.69) is 22.1 Å². The molecule has 1 saturated carbocycles. The molecule has 1 aliphatic carbocycles. The molecule has 25 heavy (non-hydrogen) atoms. The van der Waals surface area contributed by atoms with Crippen LogP contribution in [-0.2, 0) is 11.2 Å². The van der Waals surface area contributed by atoms with Gasteiger partial charge in [0.2, 0.25) is 5.91 Å². The number of carbonyl (C=O) groups excluding carboxylic acids is 1. The van der Waals surface area contributed by atoms with E-state index < -0.39 is 0 Å². The minimum Gasteiger partial charge on any atom is -0.345 e. The number of imidazole rings is 1. The van der Waals surface area contributed by atoms with Crippen LogP contribution in [0.15, 0.2) is 54.6 Å². The maximum Gasteiger partial charge on any atom is 0.226 e. The Labute approximate surface area is 147 Å². The van der Waals surface area contributed by atoms with Gasteiger partial charge in [0, 0.05) is 25.9 Å². The van der Waals surface area contributed by atoms with Gasteiger partial charge in [0.1, 0.15) is 5.82 Å². The summed E-state index contributed by atoms with van der Waals surface area (Å²) in [6.45, 7) is 0.772. The number of hydrogen-bond donors (Lipinski definition) is 1. The van der Waals surface area contributed by atoms with Crippen molar-refractivity contribution < 1.29 is 4.79 Å². The number of nitrogens with one attached hydrogen (secondary N) is 1. The molecule has 0 saturated heterocycles. The van der Waals surface area contributed by atoms with E-state index in [1.54, 1.807) is 0 Å². The number of nitrogens with zero attached hydrogens (tertiary/aromatic N) is 2. The molecule has 4 nitrogen and oxygen atoms in total. The number of amides is 1. The number of aromatic amines is 1. The normalized spacial score (nSPS) is 19.1. The number of aryl methyl sites for hydroxylation is 1. The molecule has 1 heterocycles. The second kappa shape index (κ2) is 6.71. The lowest BCUT2D eigenvalue weighted by Crippen LogP contribution is -2.29. The van der Waals surface area contributed by atoms with Crippen LogP contribution < -0.4 is 0 Å². The van der Waals surface area contributed by atoms with Crippen molar-refractivity contribution in [1.82, 2.24) is 14.9 Å². The van der Waals surface area contributed by atoms with Gasteiger partial charge in [0.05, 0.1) is 11.0 Å². The number of benzene rings is 2. The highest BCUT2D eigenvalue weighted by molar-refractivity contribution is 5.82. The predicted octanol–water partition coefficient (Wildman–Crippen LogP) is 3.76. The third-order valence-corrected chi connectivity index (χ3v) is 5.06. The molecule has 4 heteroatoms. The number of hydrogen-bond acceptors (Lipinski definition) is 2. The van der Waals surface area contributed by atoms with Gasteiger partial charge in [-0.05, 0) is 36.5 Å². The molecule has 128 valence electrons. The van der Waals surface area contributed by atoms with Crippen molar-refractivity contribution in [3.05, 3.63) is 66.0 Å². The van der Waals surface area contributed by atoms with Crippen LogP contribution in [0.4, 0.5) is 0 Å². The molecule has 0 aliphatic heterocycles. The first-order valence-corrected chi connectivity index (χ1v) is 8.96. The molecule has 0 radical (unpaired) electrons. The van der Waals surface area contributed by atoms with Gasteiger partial charge >= 0.3 is 0 Å². The monoisotopic (exact) mass is 333 g/mol. The zero-order valence-corrected chi connectivity index (χ0v) is 14.5. The van der Waals surface area contributed by atoms with Crippen molar-refractivity contribution in [2.24, 2.45) is 5.92 Å². The molecule has 1 aromatic heterocycles. The standard InChI is InChI=1S/C21H23N3O/c1-24(21(25)17-14-16(17)15-8-3-2-4-9-15)13-7-12-20-22-18-10-5-6-11-19(18)23-20/h2-6,8-11,16-17H,7,12-14H2,1H3,(H,22,23)/t16-,17-/m1/s1. The average molecular weight is 333 g/mol. The van der Waals surface area contributed by atoms with Crippen LogP contribution in [0.3, 0.4) is 0 Å². The lowest BCUT2D eigenvalue weighted by atomic mass is 10.1. The van der Waals surface area contributed by atoms with Gasteiger partial charge < -0.3 is 9.88 Å². The van der Waals surface area contributed by atoms with Gasteiger partial charge in [0.15, 0.2) is 0 Å². The van der Waals surface area contributed by atoms with Gasteiger partial charge in [-0.25, -0.2) is 4.98 Å². The molecule has 1 amide bonds. The number of para-hydroxylation sites is 2. The first-order chi connectivity index (χ1) is 12.2. The highest BCUT2D eigenvalue weighted by Crippen LogP contribution is 2.48. The number of fused-ring (bicyclic) bond motifs is 1. The van der Waals surface area contributed by atoms with E-state index in [1.807, 2.05) is 54.4 Å². The summed E-state index contributed by atoms with van der Waals surface area (Å²) in [5, 5.41) is 0. The Morgan fingerprint density at radius 1 is 1.16 bits per heavy atom. The Hall–Kier alpha value is -2.62. The number of H-pyrrole nitrogens is 1. The summed E-state index contributed by atoms with van der Waals surface area (Å²) in [5.41, 5.74) is 3.37. The second-order valence-electron chi connectivity index (χ2n) is 6.92. The summed E-state index contributed by atoms with van der Waals surface area (Å²) in [6, 6.07) is 18.4. The zero-order valence-electron chi connectivity index (χ0n) is 14.5. The van der Waals surface area contributed by atoms with Crippen LogP contribution in [0.5, 0.6) is 0 Å². The quantitative estimate of drug-likeness (QED) is 0.747. The molecule has 3 aromatic rings. The van der Waals surface area contributed by atoms with Gasteiger partial charge in [-0.15, -0.1) is 0 Å². The number of carbonyl (C=O) groups is 1. The third-order valence-electron chi connectivity index (χ3n) is 5.06. The third kappa shape index (κ3) is 3.43. The van der Waals surface area contributed by atoms with E-state index >= 15 is 0 Å². The molecular weight excluding hydrogens is 310 g/mol. The Morgan fingerprint density at radius 2 is 1.92 bits per heavy atom. The minimum absolute atomic E-state index is 0.165. The average Bonchev–Trinajstić information content (AvgIpc) is 3.34. The second-order valence-corrected chi connectivity index (χ2v) is 6.92. The summed E-state index contributed by atoms with van der Waals surface area (Å²) >= 11 is 0. The van der Waals surface area contributed by atoms with Crippen molar-refractivity contribution in [2.45, 2.75) is 25.2 Å². The summed E-state index contributed by atoms with van der Waals surface area (Å²) in [6.07, 6.45) is 2.76. The van der Waals surface area contributed by atoms with Gasteiger partial charge in [-0.1, -0.05) is 42.5 Å². The van der Waals surface area contributed by atoms with Crippen molar-refractivity contribution >= 4 is 16.9 Å². The topological polar surface area (TPSA) is 49.0 Å².